The molecule has 0 aliphatic carbocycles. The number of benzene rings is 3. The molecule has 3 aromatic rings. The number of anilines is 1. The highest BCUT2D eigenvalue weighted by atomic mass is 32.2. The minimum absolute atomic E-state index is 0.0844. The van der Waals surface area contributed by atoms with Crippen molar-refractivity contribution >= 4 is 15.7 Å². The minimum Gasteiger partial charge on any atom is -0.394 e. The highest BCUT2D eigenvalue weighted by Gasteiger charge is 2.50. The molecule has 0 unspecified atom stereocenters. The van der Waals surface area contributed by atoms with E-state index >= 15 is 0 Å². The molecule has 8 heteroatoms. The molecule has 1 N–H and O–H groups in total. The van der Waals surface area contributed by atoms with Gasteiger partial charge in [0, 0.05) is 25.2 Å². The molecule has 5 rings (SSSR count). The second-order valence-electron chi connectivity index (χ2n) is 8.61. The van der Waals surface area contributed by atoms with Gasteiger partial charge in [-0.2, -0.15) is 4.31 Å². The van der Waals surface area contributed by atoms with E-state index in [0.717, 1.165) is 28.4 Å². The van der Waals surface area contributed by atoms with Gasteiger partial charge in [0.15, 0.2) is 0 Å². The fourth-order valence-corrected chi connectivity index (χ4v) is 6.96. The topological polar surface area (TPSA) is 60.9 Å². The summed E-state index contributed by atoms with van der Waals surface area (Å²) in [6.07, 6.45) is 0.578. The average molecular weight is 471 g/mol. The highest BCUT2D eigenvalue weighted by Crippen LogP contribution is 2.51. The predicted molar refractivity (Wildman–Crippen MR) is 122 cm³/mol. The van der Waals surface area contributed by atoms with Gasteiger partial charge >= 0.3 is 0 Å². The molecule has 1 saturated heterocycles. The Balaban J connectivity index is 1.64. The molecular formula is C25H24F2N2O3S. The average Bonchev–Trinajstić information content (AvgIpc) is 3.26. The van der Waals surface area contributed by atoms with Crippen molar-refractivity contribution < 1.29 is 22.3 Å². The zero-order valence-electron chi connectivity index (χ0n) is 18.0. The van der Waals surface area contributed by atoms with Crippen LogP contribution in [0.4, 0.5) is 14.5 Å². The van der Waals surface area contributed by atoms with Gasteiger partial charge in [0.05, 0.1) is 23.6 Å². The van der Waals surface area contributed by atoms with Gasteiger partial charge in [-0.25, -0.2) is 17.2 Å². The summed E-state index contributed by atoms with van der Waals surface area (Å²) in [4.78, 5) is 1.92. The fraction of sp³-hybridized carbons (Fsp3) is 0.280. The number of hydrogen-bond donors (Lipinski definition) is 1. The quantitative estimate of drug-likeness (QED) is 0.621. The molecule has 0 amide bonds. The zero-order chi connectivity index (χ0) is 23.3. The van der Waals surface area contributed by atoms with Crippen LogP contribution in [0.2, 0.25) is 0 Å². The molecule has 0 aromatic heterocycles. The number of sulfonamides is 1. The van der Waals surface area contributed by atoms with Crippen LogP contribution in [-0.4, -0.2) is 44.1 Å². The van der Waals surface area contributed by atoms with E-state index in [2.05, 4.69) is 0 Å². The maximum absolute atomic E-state index is 13.8. The summed E-state index contributed by atoms with van der Waals surface area (Å²) in [5.74, 6) is -1.06. The van der Waals surface area contributed by atoms with Crippen LogP contribution in [0.5, 0.6) is 0 Å². The van der Waals surface area contributed by atoms with E-state index in [9.17, 15) is 22.3 Å². The lowest BCUT2D eigenvalue weighted by atomic mass is 9.81. The van der Waals surface area contributed by atoms with Gasteiger partial charge in [-0.3, -0.25) is 0 Å². The Labute approximate surface area is 191 Å². The molecule has 5 nitrogen and oxygen atoms in total. The van der Waals surface area contributed by atoms with E-state index in [4.69, 9.17) is 0 Å². The Morgan fingerprint density at radius 1 is 0.970 bits per heavy atom. The molecule has 172 valence electrons. The Hall–Kier alpha value is -2.81. The highest BCUT2D eigenvalue weighted by molar-refractivity contribution is 7.89. The van der Waals surface area contributed by atoms with Crippen LogP contribution in [0.15, 0.2) is 71.6 Å². The zero-order valence-corrected chi connectivity index (χ0v) is 18.8. The monoisotopic (exact) mass is 470 g/mol. The molecule has 2 aliphatic heterocycles. The van der Waals surface area contributed by atoms with Gasteiger partial charge in [0.1, 0.15) is 11.6 Å². The van der Waals surface area contributed by atoms with Crippen LogP contribution >= 0.6 is 0 Å². The number of aliphatic hydroxyl groups excluding tert-OH is 1. The lowest BCUT2D eigenvalue weighted by Gasteiger charge is -2.44. The first-order valence-electron chi connectivity index (χ1n) is 10.8. The molecule has 3 aromatic carbocycles. The Morgan fingerprint density at radius 2 is 1.70 bits per heavy atom. The Bertz CT molecular complexity index is 1300. The van der Waals surface area contributed by atoms with Crippen LogP contribution in [0.25, 0.3) is 11.1 Å². The first kappa shape index (κ1) is 22.0. The fourth-order valence-electron chi connectivity index (χ4n) is 5.27. The number of rotatable bonds is 4. The third-order valence-corrected chi connectivity index (χ3v) is 8.76. The molecule has 1 fully saturated rings. The summed E-state index contributed by atoms with van der Waals surface area (Å²) in [7, 11) is -2.06. The van der Waals surface area contributed by atoms with Crippen molar-refractivity contribution in [3.8, 4) is 11.1 Å². The van der Waals surface area contributed by atoms with E-state index in [1.807, 2.05) is 30.1 Å². The number of nitrogens with zero attached hydrogens (tertiary/aromatic N) is 2. The molecule has 0 radical (unpaired) electrons. The van der Waals surface area contributed by atoms with Crippen LogP contribution < -0.4 is 4.90 Å². The molecule has 0 saturated carbocycles. The van der Waals surface area contributed by atoms with Crippen molar-refractivity contribution in [2.75, 3.05) is 25.1 Å². The smallest absolute Gasteiger partial charge is 0.243 e. The second-order valence-corrected chi connectivity index (χ2v) is 10.5. The largest absolute Gasteiger partial charge is 0.394 e. The summed E-state index contributed by atoms with van der Waals surface area (Å²) in [6.45, 7) is 0.170. The number of fused-ring (bicyclic) bond motifs is 3. The number of halogens is 2. The first-order valence-corrected chi connectivity index (χ1v) is 12.3. The molecule has 33 heavy (non-hydrogen) atoms. The normalized spacial score (nSPS) is 22.8. The summed E-state index contributed by atoms with van der Waals surface area (Å²) in [5, 5.41) is 10.1. The molecule has 3 atom stereocenters. The van der Waals surface area contributed by atoms with Crippen molar-refractivity contribution in [1.29, 1.82) is 0 Å². The van der Waals surface area contributed by atoms with Gasteiger partial charge in [0.2, 0.25) is 10.0 Å². The van der Waals surface area contributed by atoms with Crippen molar-refractivity contribution in [3.05, 3.63) is 83.9 Å². The number of aliphatic hydroxyl groups is 1. The lowest BCUT2D eigenvalue weighted by molar-refractivity contribution is 0.193. The third kappa shape index (κ3) is 3.62. The van der Waals surface area contributed by atoms with Gasteiger partial charge in [-0.1, -0.05) is 24.3 Å². The first-order chi connectivity index (χ1) is 15.8. The second kappa shape index (κ2) is 8.20. The van der Waals surface area contributed by atoms with Gasteiger partial charge in [-0.05, 0) is 65.6 Å². The number of likely N-dealkylation sites (N-methyl/N-ethyl adjacent to an activating group) is 1. The summed E-state index contributed by atoms with van der Waals surface area (Å²) >= 11 is 0. The van der Waals surface area contributed by atoms with Gasteiger partial charge in [0.25, 0.3) is 0 Å². The number of hydrogen-bond acceptors (Lipinski definition) is 4. The van der Waals surface area contributed by atoms with E-state index in [0.29, 0.717) is 6.42 Å². The van der Waals surface area contributed by atoms with Crippen molar-refractivity contribution in [3.63, 3.8) is 0 Å². The Morgan fingerprint density at radius 3 is 2.39 bits per heavy atom. The van der Waals surface area contributed by atoms with E-state index < -0.39 is 21.9 Å². The van der Waals surface area contributed by atoms with Gasteiger partial charge < -0.3 is 10.0 Å². The molecule has 0 bridgehead atoms. The summed E-state index contributed by atoms with van der Waals surface area (Å²) in [5.41, 5.74) is 3.33. The van der Waals surface area contributed by atoms with Crippen LogP contribution in [0.3, 0.4) is 0 Å². The van der Waals surface area contributed by atoms with E-state index in [1.54, 1.807) is 12.1 Å². The lowest BCUT2D eigenvalue weighted by Crippen LogP contribution is -2.48. The maximum atomic E-state index is 13.8. The molecule has 0 spiro atoms. The predicted octanol–water partition coefficient (Wildman–Crippen LogP) is 4.19. The maximum Gasteiger partial charge on any atom is 0.243 e. The third-order valence-electron chi connectivity index (χ3n) is 6.88. The molecule has 2 aliphatic rings. The van der Waals surface area contributed by atoms with E-state index in [-0.39, 0.29) is 35.8 Å². The van der Waals surface area contributed by atoms with Crippen molar-refractivity contribution in [1.82, 2.24) is 4.31 Å². The van der Waals surface area contributed by atoms with Crippen molar-refractivity contribution in [2.24, 2.45) is 5.92 Å². The minimum atomic E-state index is -3.96. The standard InChI is InChI=1S/C25H24F2N2O3S/c1-28-23-10-7-17(16-5-8-18(26)9-6-16)13-22(23)25-21(24(28)15-30)11-12-29(25)33(31,32)20-4-2-3-19(27)14-20/h2-10,13-14,21,24-25,30H,11-12,15H2,1H3/t21-,24-,25-/m0/s1. The van der Waals surface area contributed by atoms with E-state index in [1.165, 1.54) is 34.6 Å². The SMILES string of the molecule is CN1c2ccc(-c3ccc(F)cc3)cc2[C@@H]2[C@@H](CCN2S(=O)(=O)c2cccc(F)c2)[C@@H]1CO. The van der Waals surface area contributed by atoms with Crippen molar-refractivity contribution in [2.45, 2.75) is 23.4 Å². The van der Waals surface area contributed by atoms with Gasteiger partial charge in [-0.15, -0.1) is 0 Å². The van der Waals surface area contributed by atoms with Crippen LogP contribution in [-0.2, 0) is 10.0 Å². The Kier molecular flexibility index (Phi) is 5.47. The van der Waals surface area contributed by atoms with Crippen LogP contribution in [0, 0.1) is 17.6 Å². The summed E-state index contributed by atoms with van der Waals surface area (Å²) in [6, 6.07) is 16.2. The van der Waals surface area contributed by atoms with Crippen LogP contribution in [0.1, 0.15) is 18.0 Å². The summed E-state index contributed by atoms with van der Waals surface area (Å²) < 4.78 is 55.8. The molecular weight excluding hydrogens is 446 g/mol. The molecule has 2 heterocycles.